The fraction of sp³-hybridized carbons (Fsp3) is 0.364. The highest BCUT2D eigenvalue weighted by Crippen LogP contribution is 2.32. The molecule has 2 unspecified atom stereocenters. The Hall–Kier alpha value is -2.77. The molecule has 1 aliphatic carbocycles. The van der Waals surface area contributed by atoms with Crippen LogP contribution >= 0.6 is 0 Å². The van der Waals surface area contributed by atoms with Crippen LogP contribution in [-0.4, -0.2) is 41.1 Å². The molecule has 0 radical (unpaired) electrons. The number of amides is 2. The Balaban J connectivity index is 1.49. The number of halogens is 1. The molecule has 2 fully saturated rings. The quantitative estimate of drug-likeness (QED) is 0.784. The molecule has 1 heterocycles. The van der Waals surface area contributed by atoms with Crippen LogP contribution in [0, 0.1) is 11.7 Å². The first-order valence-electron chi connectivity index (χ1n) is 9.72. The lowest BCUT2D eigenvalue weighted by Crippen LogP contribution is -2.52. The Morgan fingerprint density at radius 1 is 1.14 bits per heavy atom. The van der Waals surface area contributed by atoms with E-state index in [-0.39, 0.29) is 43.3 Å². The van der Waals surface area contributed by atoms with E-state index in [0.29, 0.717) is 5.69 Å². The molecule has 6 nitrogen and oxygen atoms in total. The van der Waals surface area contributed by atoms with Crippen molar-refractivity contribution in [1.29, 1.82) is 0 Å². The molecule has 2 amide bonds. The van der Waals surface area contributed by atoms with E-state index in [1.165, 1.54) is 12.1 Å². The summed E-state index contributed by atoms with van der Waals surface area (Å²) in [6, 6.07) is 12.7. The summed E-state index contributed by atoms with van der Waals surface area (Å²) in [6.07, 6.45) is 1.39. The number of nitrogens with zero attached hydrogens (tertiary/aromatic N) is 1. The Morgan fingerprint density at radius 3 is 2.45 bits per heavy atom. The minimum Gasteiger partial charge on any atom is -0.394 e. The predicted molar refractivity (Wildman–Crippen MR) is 104 cm³/mol. The number of rotatable bonds is 6. The van der Waals surface area contributed by atoms with Crippen LogP contribution in [0.15, 0.2) is 48.5 Å². The first-order valence-corrected chi connectivity index (χ1v) is 9.72. The summed E-state index contributed by atoms with van der Waals surface area (Å²) in [4.78, 5) is 25.9. The fourth-order valence-electron chi connectivity index (χ4n) is 3.55. The summed E-state index contributed by atoms with van der Waals surface area (Å²) in [6.45, 7) is -0.0972. The van der Waals surface area contributed by atoms with E-state index in [1.807, 2.05) is 12.1 Å². The van der Waals surface area contributed by atoms with Crippen LogP contribution in [0.1, 0.15) is 30.1 Å². The number of carbonyl (C=O) groups is 2. The number of aliphatic hydroxyl groups is 1. The van der Waals surface area contributed by atoms with Gasteiger partial charge in [-0.05, 0) is 48.2 Å². The van der Waals surface area contributed by atoms with Gasteiger partial charge in [0, 0.05) is 18.2 Å². The van der Waals surface area contributed by atoms with Gasteiger partial charge in [-0.15, -0.1) is 0 Å². The van der Waals surface area contributed by atoms with Gasteiger partial charge in [-0.2, -0.15) is 0 Å². The zero-order valence-corrected chi connectivity index (χ0v) is 15.9. The van der Waals surface area contributed by atoms with Crippen LogP contribution < -0.4 is 5.32 Å². The molecule has 152 valence electrons. The molecule has 2 N–H and O–H groups in total. The SMILES string of the molecule is O=C(Nc1ccc(C2OCC(=O)N(Cc3ccc(F)cc3)C2CO)cc1)C1CC1. The number of hydrogen-bond acceptors (Lipinski definition) is 4. The zero-order valence-electron chi connectivity index (χ0n) is 15.9. The zero-order chi connectivity index (χ0) is 20.4. The predicted octanol–water partition coefficient (Wildman–Crippen LogP) is 2.64. The van der Waals surface area contributed by atoms with E-state index >= 15 is 0 Å². The largest absolute Gasteiger partial charge is 0.394 e. The Kier molecular flexibility index (Phi) is 5.60. The molecular formula is C22H23FN2O4. The molecule has 2 aromatic rings. The number of benzene rings is 2. The Bertz CT molecular complexity index is 881. The molecule has 1 aliphatic heterocycles. The average Bonchev–Trinajstić information content (AvgIpc) is 3.57. The lowest BCUT2D eigenvalue weighted by Gasteiger charge is -2.40. The average molecular weight is 398 g/mol. The second kappa shape index (κ2) is 8.31. The number of hydrogen-bond donors (Lipinski definition) is 2. The summed E-state index contributed by atoms with van der Waals surface area (Å²) in [7, 11) is 0. The standard InChI is InChI=1S/C22H23FN2O4/c23-17-7-1-14(2-8-17)11-25-19(12-26)21(29-13-20(25)27)15-5-9-18(10-6-15)24-22(28)16-3-4-16/h1-2,5-10,16,19,21,26H,3-4,11-13H2,(H,24,28). The maximum Gasteiger partial charge on any atom is 0.249 e. The third-order valence-electron chi connectivity index (χ3n) is 5.36. The molecule has 1 saturated heterocycles. The topological polar surface area (TPSA) is 78.9 Å². The lowest BCUT2D eigenvalue weighted by molar-refractivity contribution is -0.162. The Labute approximate surface area is 168 Å². The number of aliphatic hydroxyl groups excluding tert-OH is 1. The van der Waals surface area contributed by atoms with Gasteiger partial charge in [0.15, 0.2) is 0 Å². The molecule has 7 heteroatoms. The monoisotopic (exact) mass is 398 g/mol. The maximum absolute atomic E-state index is 13.2. The van der Waals surface area contributed by atoms with Crippen LogP contribution in [0.25, 0.3) is 0 Å². The first-order chi connectivity index (χ1) is 14.0. The van der Waals surface area contributed by atoms with Gasteiger partial charge < -0.3 is 20.1 Å². The van der Waals surface area contributed by atoms with Crippen molar-refractivity contribution in [3.8, 4) is 0 Å². The number of morpholine rings is 1. The van der Waals surface area contributed by atoms with Crippen molar-refractivity contribution in [3.63, 3.8) is 0 Å². The molecule has 0 aromatic heterocycles. The van der Waals surface area contributed by atoms with Gasteiger partial charge >= 0.3 is 0 Å². The van der Waals surface area contributed by atoms with Crippen LogP contribution in [-0.2, 0) is 20.9 Å². The van der Waals surface area contributed by atoms with E-state index in [2.05, 4.69) is 5.32 Å². The van der Waals surface area contributed by atoms with E-state index in [9.17, 15) is 19.1 Å². The highest BCUT2D eigenvalue weighted by atomic mass is 19.1. The van der Waals surface area contributed by atoms with Gasteiger partial charge in [0.2, 0.25) is 11.8 Å². The number of carbonyl (C=O) groups excluding carboxylic acids is 2. The van der Waals surface area contributed by atoms with E-state index < -0.39 is 12.1 Å². The van der Waals surface area contributed by atoms with Crippen molar-refractivity contribution in [2.75, 3.05) is 18.5 Å². The molecule has 2 aliphatic rings. The second-order valence-electron chi connectivity index (χ2n) is 7.52. The van der Waals surface area contributed by atoms with Crippen LogP contribution in [0.4, 0.5) is 10.1 Å². The minimum absolute atomic E-state index is 0.0379. The highest BCUT2D eigenvalue weighted by molar-refractivity contribution is 5.94. The van der Waals surface area contributed by atoms with Gasteiger partial charge in [0.1, 0.15) is 18.5 Å². The first kappa shape index (κ1) is 19.5. The molecule has 2 atom stereocenters. The fourth-order valence-corrected chi connectivity index (χ4v) is 3.55. The van der Waals surface area contributed by atoms with Crippen LogP contribution in [0.3, 0.4) is 0 Å². The third-order valence-corrected chi connectivity index (χ3v) is 5.36. The molecule has 0 spiro atoms. The Morgan fingerprint density at radius 2 is 1.83 bits per heavy atom. The normalized spacial score (nSPS) is 21.9. The molecule has 2 aromatic carbocycles. The van der Waals surface area contributed by atoms with Gasteiger partial charge in [0.25, 0.3) is 0 Å². The smallest absolute Gasteiger partial charge is 0.249 e. The van der Waals surface area contributed by atoms with E-state index in [4.69, 9.17) is 4.74 Å². The van der Waals surface area contributed by atoms with E-state index in [1.54, 1.807) is 29.2 Å². The summed E-state index contributed by atoms with van der Waals surface area (Å²) in [5, 5.41) is 12.9. The minimum atomic E-state index is -0.562. The summed E-state index contributed by atoms with van der Waals surface area (Å²) >= 11 is 0. The number of anilines is 1. The van der Waals surface area contributed by atoms with Gasteiger partial charge in [-0.1, -0.05) is 24.3 Å². The van der Waals surface area contributed by atoms with Crippen molar-refractivity contribution in [3.05, 3.63) is 65.5 Å². The number of ether oxygens (including phenoxy) is 1. The maximum atomic E-state index is 13.2. The van der Waals surface area contributed by atoms with Crippen LogP contribution in [0.2, 0.25) is 0 Å². The van der Waals surface area contributed by atoms with E-state index in [0.717, 1.165) is 24.0 Å². The molecule has 29 heavy (non-hydrogen) atoms. The van der Waals surface area contributed by atoms with Crippen molar-refractivity contribution in [1.82, 2.24) is 4.90 Å². The summed E-state index contributed by atoms with van der Waals surface area (Å²) in [5.74, 6) is -0.400. The van der Waals surface area contributed by atoms with Gasteiger partial charge in [-0.3, -0.25) is 9.59 Å². The number of nitrogens with one attached hydrogen (secondary N) is 1. The molecule has 0 bridgehead atoms. The molecular weight excluding hydrogens is 375 g/mol. The lowest BCUT2D eigenvalue weighted by atomic mass is 9.98. The summed E-state index contributed by atoms with van der Waals surface area (Å²) < 4.78 is 18.9. The van der Waals surface area contributed by atoms with Crippen molar-refractivity contribution in [2.24, 2.45) is 5.92 Å². The summed E-state index contributed by atoms with van der Waals surface area (Å²) in [5.41, 5.74) is 2.29. The molecule has 1 saturated carbocycles. The second-order valence-corrected chi connectivity index (χ2v) is 7.52. The third kappa shape index (κ3) is 4.46. The van der Waals surface area contributed by atoms with Crippen LogP contribution in [0.5, 0.6) is 0 Å². The van der Waals surface area contributed by atoms with Gasteiger partial charge in [-0.25, -0.2) is 4.39 Å². The van der Waals surface area contributed by atoms with Crippen molar-refractivity contribution >= 4 is 17.5 Å². The van der Waals surface area contributed by atoms with Crippen molar-refractivity contribution in [2.45, 2.75) is 31.5 Å². The molecule has 4 rings (SSSR count). The highest BCUT2D eigenvalue weighted by Gasteiger charge is 2.37. The van der Waals surface area contributed by atoms with Crippen molar-refractivity contribution < 1.29 is 23.8 Å². The van der Waals surface area contributed by atoms with Gasteiger partial charge in [0.05, 0.1) is 12.6 Å².